The quantitative estimate of drug-likeness (QED) is 0.0164. The van der Waals surface area contributed by atoms with Gasteiger partial charge in [-0.3, -0.25) is 82.7 Å². The topological polar surface area (TPSA) is 762 Å². The Hall–Kier alpha value is -11.2. The van der Waals surface area contributed by atoms with Crippen molar-refractivity contribution in [2.24, 2.45) is 98.8 Å². The largest absolute Gasteiger partial charge is 0.378 e. The number of guanidine groups is 6. The highest BCUT2D eigenvalue weighted by Gasteiger charge is 2.36. The number of hydrogen-bond donors (Lipinski definition) is 23. The van der Waals surface area contributed by atoms with Crippen molar-refractivity contribution in [2.75, 3.05) is 178 Å². The van der Waals surface area contributed by atoms with E-state index in [9.17, 15) is 52.7 Å². The summed E-state index contributed by atoms with van der Waals surface area (Å²) in [5, 5.41) is 29.1. The zero-order chi connectivity index (χ0) is 79.0. The monoisotopic (exact) mass is 1510 g/mol. The van der Waals surface area contributed by atoms with E-state index in [0.29, 0.717) is 0 Å². The van der Waals surface area contributed by atoms with Crippen molar-refractivity contribution in [1.29, 1.82) is 0 Å². The molecule has 11 amide bonds. The van der Waals surface area contributed by atoms with Crippen molar-refractivity contribution in [3.05, 3.63) is 34.9 Å². The van der Waals surface area contributed by atoms with Gasteiger partial charge in [-0.05, 0) is 18.2 Å². The van der Waals surface area contributed by atoms with Crippen LogP contribution in [-0.2, 0) is 66.8 Å². The highest BCUT2D eigenvalue weighted by molar-refractivity contribution is 6.04. The third-order valence-electron chi connectivity index (χ3n) is 13.5. The fourth-order valence-corrected chi connectivity index (χ4v) is 8.54. The second-order valence-corrected chi connectivity index (χ2v) is 22.8. The van der Waals surface area contributed by atoms with Crippen LogP contribution in [0, 0.1) is 0 Å². The molecular weight excluding hydrogens is 1400 g/mol. The summed E-state index contributed by atoms with van der Waals surface area (Å²) in [5.74, 6) is -7.30. The summed E-state index contributed by atoms with van der Waals surface area (Å²) < 4.78 is 35.6. The molecule has 0 heterocycles. The van der Waals surface area contributed by atoms with Gasteiger partial charge in [0, 0.05) is 127 Å². The first-order valence-electron chi connectivity index (χ1n) is 33.4. The Balaban J connectivity index is 3.52. The minimum absolute atomic E-state index is 0.113. The predicted octanol–water partition coefficient (Wildman–Crippen LogP) is -12.2. The first kappa shape index (κ1) is 92.8. The lowest BCUT2D eigenvalue weighted by Crippen LogP contribution is -2.59. The van der Waals surface area contributed by atoms with Gasteiger partial charge in [0.1, 0.15) is 11.1 Å². The van der Waals surface area contributed by atoms with Gasteiger partial charge in [0.15, 0.2) is 35.8 Å². The fourth-order valence-electron chi connectivity index (χ4n) is 8.54. The van der Waals surface area contributed by atoms with Crippen LogP contribution < -0.4 is 127 Å². The average Bonchev–Trinajstić information content (AvgIpc) is 0.851. The highest BCUT2D eigenvalue weighted by Crippen LogP contribution is 2.15. The molecular formula is C60H109N29O17. The molecule has 0 unspecified atom stereocenters. The van der Waals surface area contributed by atoms with Gasteiger partial charge in [0.25, 0.3) is 17.7 Å². The smallest absolute Gasteiger partial charge is 0.251 e. The number of nitrogens with one attached hydrogen (secondary N) is 11. The average molecular weight is 1510 g/mol. The Labute approximate surface area is 612 Å². The van der Waals surface area contributed by atoms with E-state index in [1.54, 1.807) is 0 Å². The molecule has 0 spiro atoms. The summed E-state index contributed by atoms with van der Waals surface area (Å²) >= 11 is 0. The Kier molecular flexibility index (Phi) is 48.4. The molecule has 0 saturated heterocycles. The Bertz CT molecular complexity index is 2710. The minimum Gasteiger partial charge on any atom is -0.378 e. The standard InChI is InChI=1S/C60H109N29O17/c1-73-50(98)39-30-40(51(99)80-10-2-48(96)88-59(33-101-24-4-42(90)74-12-18-82-53(61)62,34-102-25-5-43(91)75-13-19-83-54(63)64)35-103-26-6-44(92)76-14-20-84-55(65)66)32-41(31-39)52(100)81-11-3-49(97)89-60(36-104-27-7-45(93)77-15-21-85-56(67)68,37-105-28-8-46(94)78-16-22-86-57(69)70)38-106-29-9-47(95)79-17-23-87-58(71)72/h30-32H,2-29,33-38H2,1H3,(H,73,98)(H,74,90)(H,75,91)(H,76,92)(H,77,93)(H,78,94)(H,79,95)(H,80,99)(H,81,100)(H,88,96)(H,89,97)(H4,61,62,82)(H4,63,64,83)(H4,65,66,84)(H4,67,68,85)(H4,69,70,86)(H4,71,72,87). The molecule has 0 radical (unpaired) electrons. The number of aliphatic imine (C=N–C) groups is 6. The molecule has 1 rings (SSSR count). The molecule has 0 aliphatic heterocycles. The van der Waals surface area contributed by atoms with Crippen molar-refractivity contribution in [3.63, 3.8) is 0 Å². The number of nitrogens with two attached hydrogens (primary N) is 12. The first-order valence-corrected chi connectivity index (χ1v) is 33.4. The number of carbonyl (C=O) groups excluding carboxylic acids is 11. The number of hydrogen-bond acceptors (Lipinski definition) is 23. The summed E-state index contributed by atoms with van der Waals surface area (Å²) in [4.78, 5) is 168. The zero-order valence-corrected chi connectivity index (χ0v) is 59.8. The van der Waals surface area contributed by atoms with Crippen molar-refractivity contribution in [1.82, 2.24) is 58.5 Å². The third-order valence-corrected chi connectivity index (χ3v) is 13.5. The molecule has 46 nitrogen and oxygen atoms in total. The Morgan fingerprint density at radius 1 is 0.283 bits per heavy atom. The van der Waals surface area contributed by atoms with Gasteiger partial charge < -0.3 is 156 Å². The van der Waals surface area contributed by atoms with E-state index in [-0.39, 0.29) is 262 Å². The van der Waals surface area contributed by atoms with E-state index in [1.165, 1.54) is 25.2 Å². The van der Waals surface area contributed by atoms with Crippen molar-refractivity contribution in [3.8, 4) is 0 Å². The Morgan fingerprint density at radius 2 is 0.481 bits per heavy atom. The number of ether oxygens (including phenoxy) is 6. The first-order chi connectivity index (χ1) is 50.5. The minimum atomic E-state index is -1.58. The van der Waals surface area contributed by atoms with Gasteiger partial charge >= 0.3 is 0 Å². The molecule has 0 fully saturated rings. The van der Waals surface area contributed by atoms with Crippen LogP contribution in [0.1, 0.15) is 82.4 Å². The van der Waals surface area contributed by atoms with E-state index < -0.39 is 88.9 Å². The van der Waals surface area contributed by atoms with Crippen LogP contribution in [0.15, 0.2) is 48.2 Å². The summed E-state index contributed by atoms with van der Waals surface area (Å²) in [7, 11) is 1.32. The van der Waals surface area contributed by atoms with Crippen LogP contribution >= 0.6 is 0 Å². The number of nitrogens with zero attached hydrogens (tertiary/aromatic N) is 6. The molecule has 596 valence electrons. The van der Waals surface area contributed by atoms with Crippen LogP contribution in [0.4, 0.5) is 0 Å². The van der Waals surface area contributed by atoms with Gasteiger partial charge in [-0.25, -0.2) is 0 Å². The third kappa shape index (κ3) is 48.6. The number of carbonyl (C=O) groups is 11. The Morgan fingerprint density at radius 3 is 0.670 bits per heavy atom. The van der Waals surface area contributed by atoms with Crippen molar-refractivity contribution < 1.29 is 81.2 Å². The van der Waals surface area contributed by atoms with Gasteiger partial charge in [-0.2, -0.15) is 0 Å². The van der Waals surface area contributed by atoms with E-state index in [0.717, 1.165) is 0 Å². The molecule has 1 aromatic rings. The summed E-state index contributed by atoms with van der Waals surface area (Å²) in [6, 6.07) is 3.57. The van der Waals surface area contributed by atoms with Crippen molar-refractivity contribution >= 4 is 101 Å². The molecule has 0 saturated carbocycles. The van der Waals surface area contributed by atoms with E-state index in [4.69, 9.17) is 97.2 Å². The molecule has 0 aromatic heterocycles. The molecule has 106 heavy (non-hydrogen) atoms. The summed E-state index contributed by atoms with van der Waals surface area (Å²) in [5.41, 5.74) is 60.7. The predicted molar refractivity (Wildman–Crippen MR) is 390 cm³/mol. The number of rotatable bonds is 59. The van der Waals surface area contributed by atoms with Gasteiger partial charge in [0.05, 0.1) is 119 Å². The van der Waals surface area contributed by atoms with Crippen LogP contribution in [0.5, 0.6) is 0 Å². The highest BCUT2D eigenvalue weighted by atomic mass is 16.5. The molecule has 46 heteroatoms. The number of benzene rings is 1. The van der Waals surface area contributed by atoms with Crippen LogP contribution in [0.2, 0.25) is 0 Å². The van der Waals surface area contributed by atoms with Gasteiger partial charge in [-0.1, -0.05) is 0 Å². The fraction of sp³-hybridized carbons (Fsp3) is 0.617. The van der Waals surface area contributed by atoms with E-state index >= 15 is 0 Å². The summed E-state index contributed by atoms with van der Waals surface area (Å²) in [6.45, 7) is -2.61. The van der Waals surface area contributed by atoms with Gasteiger partial charge in [-0.15, -0.1) is 0 Å². The lowest BCUT2D eigenvalue weighted by Gasteiger charge is -2.34. The lowest BCUT2D eigenvalue weighted by molar-refractivity contribution is -0.130. The zero-order valence-electron chi connectivity index (χ0n) is 59.8. The lowest BCUT2D eigenvalue weighted by atomic mass is 10.0. The van der Waals surface area contributed by atoms with Gasteiger partial charge in [0.2, 0.25) is 47.3 Å². The van der Waals surface area contributed by atoms with Crippen LogP contribution in [0.25, 0.3) is 0 Å². The molecule has 1 aromatic carbocycles. The second kappa shape index (κ2) is 55.3. The number of amides is 11. The van der Waals surface area contributed by atoms with Crippen LogP contribution in [0.3, 0.4) is 0 Å². The SMILES string of the molecule is CNC(=O)c1cc(C(=O)NCCC(=O)NC(COCCC(=O)NCCN=C(N)N)(COCCC(=O)NCCN=C(N)N)COCCC(=O)NCCN=C(N)N)cc(C(=O)NCCC(=O)NC(COCCC(=O)NCCN=C(N)N)(COCCC(=O)NCCN=C(N)N)COCCC(=O)NCCN=C(N)N)c1. The van der Waals surface area contributed by atoms with Crippen LogP contribution in [-0.4, -0.2) is 290 Å². The van der Waals surface area contributed by atoms with Crippen molar-refractivity contribution in [2.45, 2.75) is 62.4 Å². The normalized spacial score (nSPS) is 10.8. The molecule has 0 aliphatic rings. The maximum absolute atomic E-state index is 14.0. The molecule has 0 aliphatic carbocycles. The molecule has 0 bridgehead atoms. The maximum atomic E-state index is 14.0. The van der Waals surface area contributed by atoms with E-state index in [1.807, 2.05) is 0 Å². The second-order valence-electron chi connectivity index (χ2n) is 22.8. The summed E-state index contributed by atoms with van der Waals surface area (Å²) in [6.07, 6.45) is -1.76. The van der Waals surface area contributed by atoms with E-state index in [2.05, 4.69) is 88.4 Å². The maximum Gasteiger partial charge on any atom is 0.251 e. The molecule has 0 atom stereocenters. The molecule has 35 N–H and O–H groups in total.